The highest BCUT2D eigenvalue weighted by molar-refractivity contribution is 4.92. The summed E-state index contributed by atoms with van der Waals surface area (Å²) in [4.78, 5) is 0. The Hall–Kier alpha value is -0.120. The second-order valence-electron chi connectivity index (χ2n) is 4.93. The Balaban J connectivity index is 1.89. The lowest BCUT2D eigenvalue weighted by molar-refractivity contribution is -0.106. The molecule has 1 N–H and O–H groups in total. The first-order valence-electron chi connectivity index (χ1n) is 6.07. The van der Waals surface area contributed by atoms with Gasteiger partial charge < -0.3 is 14.6 Å². The van der Waals surface area contributed by atoms with Crippen molar-refractivity contribution in [1.82, 2.24) is 0 Å². The molecule has 0 amide bonds. The Kier molecular flexibility index (Phi) is 3.65. The van der Waals surface area contributed by atoms with Crippen molar-refractivity contribution >= 4 is 0 Å². The van der Waals surface area contributed by atoms with Crippen LogP contribution in [-0.4, -0.2) is 37.1 Å². The lowest BCUT2D eigenvalue weighted by Gasteiger charge is -2.42. The molecule has 1 aliphatic carbocycles. The molecule has 1 heterocycles. The standard InChI is InChI=1S/C12H22O3/c1-14-11-2-6-12(13,7-3-11)10-4-8-15-9-5-10/h10-11,13H,2-9H2,1H3. The Bertz CT molecular complexity index is 191. The molecule has 88 valence electrons. The molecule has 0 atom stereocenters. The van der Waals surface area contributed by atoms with Crippen molar-refractivity contribution in [2.24, 2.45) is 5.92 Å². The van der Waals surface area contributed by atoms with Crippen molar-refractivity contribution in [1.29, 1.82) is 0 Å². The lowest BCUT2D eigenvalue weighted by Crippen LogP contribution is -2.45. The average Bonchev–Trinajstić information content (AvgIpc) is 2.31. The van der Waals surface area contributed by atoms with Crippen LogP contribution in [0.5, 0.6) is 0 Å². The third-order valence-electron chi connectivity index (χ3n) is 4.11. The van der Waals surface area contributed by atoms with Crippen molar-refractivity contribution in [3.8, 4) is 0 Å². The number of methoxy groups -OCH3 is 1. The molecule has 1 saturated carbocycles. The van der Waals surface area contributed by atoms with Gasteiger partial charge in [0.05, 0.1) is 11.7 Å². The number of rotatable bonds is 2. The molecule has 15 heavy (non-hydrogen) atoms. The van der Waals surface area contributed by atoms with Crippen LogP contribution in [0.4, 0.5) is 0 Å². The normalized spacial score (nSPS) is 39.2. The Morgan fingerprint density at radius 1 is 1.13 bits per heavy atom. The van der Waals surface area contributed by atoms with Crippen LogP contribution in [0.15, 0.2) is 0 Å². The molecule has 0 unspecified atom stereocenters. The zero-order chi connectivity index (χ0) is 10.7. The second kappa shape index (κ2) is 4.81. The molecule has 3 heteroatoms. The molecule has 0 bridgehead atoms. The monoisotopic (exact) mass is 214 g/mol. The van der Waals surface area contributed by atoms with Gasteiger partial charge in [0.15, 0.2) is 0 Å². The quantitative estimate of drug-likeness (QED) is 0.761. The van der Waals surface area contributed by atoms with Crippen LogP contribution in [-0.2, 0) is 9.47 Å². The van der Waals surface area contributed by atoms with E-state index < -0.39 is 5.60 Å². The van der Waals surface area contributed by atoms with Gasteiger partial charge in [0.1, 0.15) is 0 Å². The first-order chi connectivity index (χ1) is 7.24. The first-order valence-corrected chi connectivity index (χ1v) is 6.07. The van der Waals surface area contributed by atoms with Gasteiger partial charge in [0.2, 0.25) is 0 Å². The second-order valence-corrected chi connectivity index (χ2v) is 4.93. The Labute approximate surface area is 91.8 Å². The van der Waals surface area contributed by atoms with Crippen molar-refractivity contribution in [2.45, 2.75) is 50.2 Å². The number of hydrogen-bond acceptors (Lipinski definition) is 3. The molecule has 0 aromatic heterocycles. The largest absolute Gasteiger partial charge is 0.390 e. The summed E-state index contributed by atoms with van der Waals surface area (Å²) >= 11 is 0. The van der Waals surface area contributed by atoms with Gasteiger partial charge in [-0.3, -0.25) is 0 Å². The maximum absolute atomic E-state index is 10.6. The molecular formula is C12H22O3. The molecule has 0 spiro atoms. The van der Waals surface area contributed by atoms with E-state index >= 15 is 0 Å². The molecule has 2 rings (SSSR count). The fraction of sp³-hybridized carbons (Fsp3) is 1.00. The third-order valence-corrected chi connectivity index (χ3v) is 4.11. The van der Waals surface area contributed by atoms with Crippen molar-refractivity contribution < 1.29 is 14.6 Å². The topological polar surface area (TPSA) is 38.7 Å². The molecule has 2 fully saturated rings. The summed E-state index contributed by atoms with van der Waals surface area (Å²) in [5.74, 6) is 0.448. The summed E-state index contributed by atoms with van der Waals surface area (Å²) in [6.07, 6.45) is 6.22. The fourth-order valence-electron chi connectivity index (χ4n) is 2.97. The zero-order valence-electron chi connectivity index (χ0n) is 9.58. The molecular weight excluding hydrogens is 192 g/mol. The van der Waals surface area contributed by atoms with Gasteiger partial charge in [-0.2, -0.15) is 0 Å². The van der Waals surface area contributed by atoms with E-state index in [2.05, 4.69) is 0 Å². The van der Waals surface area contributed by atoms with Crippen molar-refractivity contribution in [3.63, 3.8) is 0 Å². The van der Waals surface area contributed by atoms with Crippen LogP contribution in [0, 0.1) is 5.92 Å². The van der Waals surface area contributed by atoms with Crippen LogP contribution in [0.3, 0.4) is 0 Å². The summed E-state index contributed by atoms with van der Waals surface area (Å²) in [7, 11) is 1.77. The molecule has 0 aromatic carbocycles. The van der Waals surface area contributed by atoms with Gasteiger partial charge in [-0.15, -0.1) is 0 Å². The minimum atomic E-state index is -0.432. The van der Waals surface area contributed by atoms with E-state index in [0.717, 1.165) is 51.7 Å². The Morgan fingerprint density at radius 2 is 1.73 bits per heavy atom. The Morgan fingerprint density at radius 3 is 2.27 bits per heavy atom. The van der Waals surface area contributed by atoms with Gasteiger partial charge in [-0.1, -0.05) is 0 Å². The van der Waals surface area contributed by atoms with Crippen LogP contribution < -0.4 is 0 Å². The van der Waals surface area contributed by atoms with Gasteiger partial charge in [-0.05, 0) is 44.4 Å². The summed E-state index contributed by atoms with van der Waals surface area (Å²) in [5, 5.41) is 10.6. The predicted molar refractivity (Wildman–Crippen MR) is 57.8 cm³/mol. The number of ether oxygens (including phenoxy) is 2. The SMILES string of the molecule is COC1CCC(O)(C2CCOCC2)CC1. The smallest absolute Gasteiger partial charge is 0.0679 e. The molecule has 1 saturated heterocycles. The van der Waals surface area contributed by atoms with Crippen LogP contribution >= 0.6 is 0 Å². The third kappa shape index (κ3) is 2.52. The number of aliphatic hydroxyl groups is 1. The minimum absolute atomic E-state index is 0.366. The minimum Gasteiger partial charge on any atom is -0.390 e. The van der Waals surface area contributed by atoms with E-state index in [1.54, 1.807) is 7.11 Å². The van der Waals surface area contributed by atoms with Crippen LogP contribution in [0.2, 0.25) is 0 Å². The average molecular weight is 214 g/mol. The van der Waals surface area contributed by atoms with Gasteiger partial charge in [-0.25, -0.2) is 0 Å². The van der Waals surface area contributed by atoms with E-state index in [1.165, 1.54) is 0 Å². The highest BCUT2D eigenvalue weighted by Crippen LogP contribution is 2.39. The van der Waals surface area contributed by atoms with Gasteiger partial charge in [0, 0.05) is 20.3 Å². The van der Waals surface area contributed by atoms with E-state index in [4.69, 9.17) is 9.47 Å². The highest BCUT2D eigenvalue weighted by Gasteiger charge is 2.40. The van der Waals surface area contributed by atoms with E-state index in [-0.39, 0.29) is 0 Å². The first kappa shape index (κ1) is 11.4. The van der Waals surface area contributed by atoms with Crippen LogP contribution in [0.25, 0.3) is 0 Å². The van der Waals surface area contributed by atoms with E-state index in [9.17, 15) is 5.11 Å². The van der Waals surface area contributed by atoms with Crippen molar-refractivity contribution in [3.05, 3.63) is 0 Å². The van der Waals surface area contributed by atoms with Gasteiger partial charge >= 0.3 is 0 Å². The molecule has 3 nitrogen and oxygen atoms in total. The maximum Gasteiger partial charge on any atom is 0.0679 e. The van der Waals surface area contributed by atoms with Crippen molar-refractivity contribution in [2.75, 3.05) is 20.3 Å². The summed E-state index contributed by atoms with van der Waals surface area (Å²) in [5.41, 5.74) is -0.432. The molecule has 0 aromatic rings. The summed E-state index contributed by atoms with van der Waals surface area (Å²) < 4.78 is 10.7. The number of hydrogen-bond donors (Lipinski definition) is 1. The maximum atomic E-state index is 10.6. The molecule has 2 aliphatic rings. The summed E-state index contributed by atoms with van der Waals surface area (Å²) in [6.45, 7) is 1.64. The predicted octanol–water partition coefficient (Wildman–Crippen LogP) is 1.73. The summed E-state index contributed by atoms with van der Waals surface area (Å²) in [6, 6.07) is 0. The molecule has 0 radical (unpaired) electrons. The van der Waals surface area contributed by atoms with E-state index in [1.807, 2.05) is 0 Å². The zero-order valence-corrected chi connectivity index (χ0v) is 9.58. The lowest BCUT2D eigenvalue weighted by atomic mass is 9.72. The van der Waals surface area contributed by atoms with E-state index in [0.29, 0.717) is 12.0 Å². The fourth-order valence-corrected chi connectivity index (χ4v) is 2.97. The molecule has 1 aliphatic heterocycles. The van der Waals surface area contributed by atoms with Gasteiger partial charge in [0.25, 0.3) is 0 Å². The van der Waals surface area contributed by atoms with Crippen LogP contribution in [0.1, 0.15) is 38.5 Å². The highest BCUT2D eigenvalue weighted by atomic mass is 16.5.